The van der Waals surface area contributed by atoms with Gasteiger partial charge in [0.15, 0.2) is 0 Å². The van der Waals surface area contributed by atoms with E-state index < -0.39 is 49.2 Å². The SMILES string of the molecule is O=C(CN1CCN(S(=O)(=O)c2ccc(Cl)c(C(F)(F)F)c2)CC1)Nc1cc(F)cc(F)c1. The Labute approximate surface area is 185 Å². The summed E-state index contributed by atoms with van der Waals surface area (Å²) in [6, 6.07) is 4.95. The van der Waals surface area contributed by atoms with Gasteiger partial charge in [0.1, 0.15) is 11.6 Å². The lowest BCUT2D eigenvalue weighted by molar-refractivity contribution is -0.137. The van der Waals surface area contributed by atoms with Crippen molar-refractivity contribution in [2.24, 2.45) is 0 Å². The number of anilines is 1. The lowest BCUT2D eigenvalue weighted by Crippen LogP contribution is -2.50. The summed E-state index contributed by atoms with van der Waals surface area (Å²) in [6.07, 6.45) is -4.81. The molecule has 0 unspecified atom stereocenters. The van der Waals surface area contributed by atoms with Crippen molar-refractivity contribution >= 4 is 33.2 Å². The first-order valence-corrected chi connectivity index (χ1v) is 11.0. The van der Waals surface area contributed by atoms with E-state index in [0.29, 0.717) is 12.1 Å². The summed E-state index contributed by atoms with van der Waals surface area (Å²) < 4.78 is 92.1. The molecule has 1 aliphatic heterocycles. The van der Waals surface area contributed by atoms with Crippen LogP contribution in [0.3, 0.4) is 0 Å². The van der Waals surface area contributed by atoms with E-state index in [-0.39, 0.29) is 38.4 Å². The Bertz CT molecular complexity index is 1100. The molecule has 0 aliphatic carbocycles. The van der Waals surface area contributed by atoms with Crippen molar-refractivity contribution in [2.75, 3.05) is 38.0 Å². The fraction of sp³-hybridized carbons (Fsp3) is 0.316. The zero-order chi connectivity index (χ0) is 23.7. The monoisotopic (exact) mass is 497 g/mol. The quantitative estimate of drug-likeness (QED) is 0.641. The second-order valence-electron chi connectivity index (χ2n) is 7.03. The normalized spacial score (nSPS) is 16.2. The van der Waals surface area contributed by atoms with Gasteiger partial charge in [-0.15, -0.1) is 0 Å². The van der Waals surface area contributed by atoms with Gasteiger partial charge in [0.05, 0.1) is 22.0 Å². The maximum absolute atomic E-state index is 13.2. The van der Waals surface area contributed by atoms with Gasteiger partial charge >= 0.3 is 6.18 Å². The van der Waals surface area contributed by atoms with Gasteiger partial charge in [-0.2, -0.15) is 17.5 Å². The van der Waals surface area contributed by atoms with E-state index in [1.807, 2.05) is 0 Å². The van der Waals surface area contributed by atoms with Crippen molar-refractivity contribution in [1.29, 1.82) is 0 Å². The molecule has 0 saturated carbocycles. The van der Waals surface area contributed by atoms with Crippen molar-refractivity contribution in [3.63, 3.8) is 0 Å². The Morgan fingerprint density at radius 3 is 2.16 bits per heavy atom. The van der Waals surface area contributed by atoms with Crippen LogP contribution in [0.25, 0.3) is 0 Å². The third-order valence-corrected chi connectivity index (χ3v) is 6.95. The Hall–Kier alpha value is -2.28. The number of hydrogen-bond acceptors (Lipinski definition) is 4. The largest absolute Gasteiger partial charge is 0.417 e. The highest BCUT2D eigenvalue weighted by molar-refractivity contribution is 7.89. The average molecular weight is 498 g/mol. The zero-order valence-electron chi connectivity index (χ0n) is 16.3. The minimum atomic E-state index is -4.81. The highest BCUT2D eigenvalue weighted by atomic mass is 35.5. The van der Waals surface area contributed by atoms with Gasteiger partial charge < -0.3 is 5.32 Å². The van der Waals surface area contributed by atoms with E-state index >= 15 is 0 Å². The van der Waals surface area contributed by atoms with Gasteiger partial charge in [-0.3, -0.25) is 9.69 Å². The van der Waals surface area contributed by atoms with Gasteiger partial charge in [0, 0.05) is 37.9 Å². The molecule has 1 saturated heterocycles. The number of sulfonamides is 1. The molecule has 3 rings (SSSR count). The first kappa shape index (κ1) is 24.4. The fourth-order valence-electron chi connectivity index (χ4n) is 3.19. The van der Waals surface area contributed by atoms with E-state index in [0.717, 1.165) is 28.6 Å². The molecule has 1 aliphatic rings. The maximum Gasteiger partial charge on any atom is 0.417 e. The van der Waals surface area contributed by atoms with Crippen LogP contribution >= 0.6 is 11.6 Å². The molecular formula is C19H17ClF5N3O3S. The van der Waals surface area contributed by atoms with E-state index in [9.17, 15) is 35.2 Å². The van der Waals surface area contributed by atoms with Crippen LogP contribution in [0, 0.1) is 11.6 Å². The minimum Gasteiger partial charge on any atom is -0.325 e. The molecule has 2 aromatic rings. The molecule has 0 atom stereocenters. The summed E-state index contributed by atoms with van der Waals surface area (Å²) in [6.45, 7) is -0.0265. The van der Waals surface area contributed by atoms with Crippen molar-refractivity contribution in [3.8, 4) is 0 Å². The lowest BCUT2D eigenvalue weighted by atomic mass is 10.2. The van der Waals surface area contributed by atoms with Crippen LogP contribution < -0.4 is 5.32 Å². The number of amides is 1. The molecule has 1 fully saturated rings. The zero-order valence-corrected chi connectivity index (χ0v) is 17.9. The van der Waals surface area contributed by atoms with Crippen LogP contribution in [0.5, 0.6) is 0 Å². The van der Waals surface area contributed by atoms with Gasteiger partial charge in [0.25, 0.3) is 0 Å². The van der Waals surface area contributed by atoms with Crippen molar-refractivity contribution < 1.29 is 35.2 Å². The number of alkyl halides is 3. The topological polar surface area (TPSA) is 69.7 Å². The van der Waals surface area contributed by atoms with Crippen LogP contribution in [0.4, 0.5) is 27.6 Å². The molecule has 1 heterocycles. The molecule has 0 spiro atoms. The van der Waals surface area contributed by atoms with Crippen molar-refractivity contribution in [3.05, 3.63) is 58.6 Å². The second-order valence-corrected chi connectivity index (χ2v) is 9.37. The van der Waals surface area contributed by atoms with Crippen LogP contribution in [0.2, 0.25) is 5.02 Å². The average Bonchev–Trinajstić information content (AvgIpc) is 2.66. The fourth-order valence-corrected chi connectivity index (χ4v) is 4.86. The standard InChI is InChI=1S/C19H17ClF5N3O3S/c20-17-2-1-15(10-16(17)19(23,24)25)32(30,31)28-5-3-27(4-6-28)11-18(29)26-14-8-12(21)7-13(22)9-14/h1-2,7-10H,3-6,11H2,(H,26,29). The highest BCUT2D eigenvalue weighted by Gasteiger charge is 2.36. The molecule has 2 aromatic carbocycles. The predicted octanol–water partition coefficient (Wildman–Crippen LogP) is 3.58. The Morgan fingerprint density at radius 2 is 1.59 bits per heavy atom. The molecule has 32 heavy (non-hydrogen) atoms. The number of benzene rings is 2. The van der Waals surface area contributed by atoms with Gasteiger partial charge in [0.2, 0.25) is 15.9 Å². The Morgan fingerprint density at radius 1 is 1.00 bits per heavy atom. The number of nitrogens with zero attached hydrogens (tertiary/aromatic N) is 2. The van der Waals surface area contributed by atoms with Crippen LogP contribution in [0.1, 0.15) is 5.56 Å². The number of hydrogen-bond donors (Lipinski definition) is 1. The van der Waals surface area contributed by atoms with E-state index in [1.165, 1.54) is 0 Å². The summed E-state index contributed by atoms with van der Waals surface area (Å²) >= 11 is 5.55. The van der Waals surface area contributed by atoms with Gasteiger partial charge in [-0.1, -0.05) is 11.6 Å². The minimum absolute atomic E-state index is 0.0584. The number of carbonyl (C=O) groups excluding carboxylic acids is 1. The summed E-state index contributed by atoms with van der Waals surface area (Å²) in [5, 5.41) is 1.75. The van der Waals surface area contributed by atoms with Crippen LogP contribution in [0.15, 0.2) is 41.3 Å². The molecule has 174 valence electrons. The Kier molecular flexibility index (Phi) is 7.08. The number of nitrogens with one attached hydrogen (secondary N) is 1. The van der Waals surface area contributed by atoms with Gasteiger partial charge in [-0.25, -0.2) is 17.2 Å². The smallest absolute Gasteiger partial charge is 0.325 e. The maximum atomic E-state index is 13.2. The predicted molar refractivity (Wildman–Crippen MR) is 107 cm³/mol. The van der Waals surface area contributed by atoms with Gasteiger partial charge in [-0.05, 0) is 30.3 Å². The number of halogens is 6. The summed E-state index contributed by atoms with van der Waals surface area (Å²) in [5.74, 6) is -2.26. The summed E-state index contributed by atoms with van der Waals surface area (Å²) in [5.41, 5.74) is -1.30. The molecule has 13 heteroatoms. The molecule has 1 N–H and O–H groups in total. The summed E-state index contributed by atoms with van der Waals surface area (Å²) in [7, 11) is -4.21. The molecule has 0 bridgehead atoms. The third kappa shape index (κ3) is 5.74. The third-order valence-electron chi connectivity index (χ3n) is 4.73. The highest BCUT2D eigenvalue weighted by Crippen LogP contribution is 2.36. The van der Waals surface area contributed by atoms with Crippen molar-refractivity contribution in [2.45, 2.75) is 11.1 Å². The molecule has 6 nitrogen and oxygen atoms in total. The lowest BCUT2D eigenvalue weighted by Gasteiger charge is -2.33. The van der Waals surface area contributed by atoms with E-state index in [4.69, 9.17) is 11.6 Å². The number of piperazine rings is 1. The van der Waals surface area contributed by atoms with Crippen LogP contribution in [-0.2, 0) is 21.0 Å². The van der Waals surface area contributed by atoms with E-state index in [1.54, 1.807) is 4.90 Å². The Balaban J connectivity index is 1.62. The molecule has 0 aromatic heterocycles. The number of carbonyl (C=O) groups is 1. The second kappa shape index (κ2) is 9.30. The first-order valence-electron chi connectivity index (χ1n) is 9.21. The van der Waals surface area contributed by atoms with E-state index in [2.05, 4.69) is 5.32 Å². The molecule has 0 radical (unpaired) electrons. The molecular weight excluding hydrogens is 481 g/mol. The summed E-state index contributed by atoms with van der Waals surface area (Å²) in [4.78, 5) is 13.2. The number of rotatable bonds is 5. The first-order chi connectivity index (χ1) is 14.9. The molecule has 1 amide bonds. The van der Waals surface area contributed by atoms with Crippen molar-refractivity contribution in [1.82, 2.24) is 9.21 Å². The van der Waals surface area contributed by atoms with Crippen LogP contribution in [-0.4, -0.2) is 56.3 Å².